The van der Waals surface area contributed by atoms with Gasteiger partial charge in [0.05, 0.1) is 0 Å². The molecule has 0 spiro atoms. The molecular formula is C29H35NOSiTi. The summed E-state index contributed by atoms with van der Waals surface area (Å²) in [5, 5.41) is 2.63. The predicted octanol–water partition coefficient (Wildman–Crippen LogP) is 5.65. The van der Waals surface area contributed by atoms with Crippen molar-refractivity contribution in [2.45, 2.75) is 52.1 Å². The molecule has 0 unspecified atom stereocenters. The molecule has 0 aliphatic heterocycles. The summed E-state index contributed by atoms with van der Waals surface area (Å²) in [5.41, 5.74) is 6.54. The van der Waals surface area contributed by atoms with Crippen molar-refractivity contribution in [3.05, 3.63) is 88.9 Å². The van der Waals surface area contributed by atoms with Crippen LogP contribution in [0, 0.1) is 0 Å². The van der Waals surface area contributed by atoms with Crippen LogP contribution < -0.4 is 10.4 Å². The van der Waals surface area contributed by atoms with Gasteiger partial charge in [0.1, 0.15) is 0 Å². The summed E-state index contributed by atoms with van der Waals surface area (Å²) < 4.78 is 15.2. The summed E-state index contributed by atoms with van der Waals surface area (Å²) in [7, 11) is 0.125. The van der Waals surface area contributed by atoms with Crippen molar-refractivity contribution in [2.75, 3.05) is 7.05 Å². The van der Waals surface area contributed by atoms with Gasteiger partial charge < -0.3 is 9.03 Å². The molecule has 0 fully saturated rings. The Morgan fingerprint density at radius 1 is 1.15 bits per heavy atom. The molecule has 0 aromatic carbocycles. The van der Waals surface area contributed by atoms with E-state index in [-0.39, 0.29) is 27.3 Å². The Hall–Kier alpha value is -2.07. The topological polar surface area (TPSA) is 20.3 Å². The molecule has 0 N–H and O–H groups in total. The zero-order chi connectivity index (χ0) is 23.3. The van der Waals surface area contributed by atoms with Gasteiger partial charge in [-0.05, 0) is 79.3 Å². The Labute approximate surface area is 215 Å². The Morgan fingerprint density at radius 2 is 1.91 bits per heavy atom. The van der Waals surface area contributed by atoms with E-state index in [9.17, 15) is 4.46 Å². The van der Waals surface area contributed by atoms with E-state index in [0.29, 0.717) is 6.04 Å². The van der Waals surface area contributed by atoms with Gasteiger partial charge in [0.15, 0.2) is 0 Å². The Bertz CT molecular complexity index is 1200. The first-order chi connectivity index (χ1) is 15.3. The van der Waals surface area contributed by atoms with E-state index in [2.05, 4.69) is 86.6 Å². The van der Waals surface area contributed by atoms with Crippen LogP contribution in [-0.2, 0) is 32.6 Å². The predicted molar refractivity (Wildman–Crippen MR) is 140 cm³/mol. The number of allylic oxidation sites excluding steroid dienone is 6. The molecule has 0 aromatic heterocycles. The molecule has 170 valence electrons. The second-order valence-corrected chi connectivity index (χ2v) is 11.1. The summed E-state index contributed by atoms with van der Waals surface area (Å²) in [6.45, 7) is 11.8. The fourth-order valence-corrected chi connectivity index (χ4v) is 5.86. The summed E-state index contributed by atoms with van der Waals surface area (Å²) in [5.74, 6) is 0. The minimum atomic E-state index is -1.86. The van der Waals surface area contributed by atoms with Crippen molar-refractivity contribution in [3.63, 3.8) is 0 Å². The van der Waals surface area contributed by atoms with E-state index in [4.69, 9.17) is 0 Å². The maximum absolute atomic E-state index is 13.1. The summed E-state index contributed by atoms with van der Waals surface area (Å²) in [6, 6.07) is 9.60. The zero-order valence-corrected chi connectivity index (χ0v) is 23.2. The van der Waals surface area contributed by atoms with Crippen LogP contribution in [-0.4, -0.2) is 26.0 Å². The normalized spacial score (nSPS) is 13.9. The van der Waals surface area contributed by atoms with Crippen LogP contribution in [0.2, 0.25) is 6.04 Å². The molecule has 0 aromatic rings. The van der Waals surface area contributed by atoms with E-state index in [1.165, 1.54) is 38.3 Å². The Morgan fingerprint density at radius 3 is 2.55 bits per heavy atom. The third-order valence-corrected chi connectivity index (χ3v) is 8.33. The monoisotopic (exact) mass is 489 g/mol. The standard InChI is InChI=1S/C24H27NOSi.C5H8.Ti/c1-24(2,3)25(4)27(26)16-19-12-7-10-17-11-8-14-21-20-13-6-5-9-18(20)15-22(21)23(17)19;1-3-5-4-2;/h5-11,14-15H,12-13,16H2,1-4H3;3-5H,1H2,2H3;. The van der Waals surface area contributed by atoms with Crippen molar-refractivity contribution < 1.29 is 26.2 Å². The minimum absolute atomic E-state index is 0. The van der Waals surface area contributed by atoms with Crippen LogP contribution in [0.4, 0.5) is 0 Å². The first-order valence-corrected chi connectivity index (χ1v) is 12.9. The van der Waals surface area contributed by atoms with E-state index in [1.807, 2.05) is 26.1 Å². The van der Waals surface area contributed by atoms with Gasteiger partial charge in [0.25, 0.3) is 0 Å². The smallest absolute Gasteiger partial charge is 0.375 e. The van der Waals surface area contributed by atoms with Gasteiger partial charge in [0.2, 0.25) is 0 Å². The number of rotatable bonds is 4. The molecule has 0 heterocycles. The molecule has 0 atom stereocenters. The molecular weight excluding hydrogens is 454 g/mol. The van der Waals surface area contributed by atoms with Gasteiger partial charge in [-0.15, -0.1) is 0 Å². The van der Waals surface area contributed by atoms with Gasteiger partial charge in [-0.3, -0.25) is 0 Å². The van der Waals surface area contributed by atoms with Crippen LogP contribution in [0.15, 0.2) is 67.3 Å². The quantitative estimate of drug-likeness (QED) is 0.409. The largest absolute Gasteiger partial charge is 0.399 e. The van der Waals surface area contributed by atoms with E-state index < -0.39 is 8.84 Å². The van der Waals surface area contributed by atoms with Gasteiger partial charge >= 0.3 is 8.84 Å². The molecule has 0 radical (unpaired) electrons. The molecule has 33 heavy (non-hydrogen) atoms. The number of hydrogen-bond acceptors (Lipinski definition) is 1. The summed E-state index contributed by atoms with van der Waals surface area (Å²) in [4.78, 5) is 0. The molecule has 4 aliphatic carbocycles. The zero-order valence-electron chi connectivity index (χ0n) is 20.6. The van der Waals surface area contributed by atoms with Crippen molar-refractivity contribution >= 4 is 26.6 Å². The first kappa shape index (κ1) is 27.2. The Balaban J connectivity index is 0.000000583. The van der Waals surface area contributed by atoms with Crippen LogP contribution in [0.3, 0.4) is 0 Å². The second-order valence-electron chi connectivity index (χ2n) is 9.33. The summed E-state index contributed by atoms with van der Waals surface area (Å²) >= 11 is 0. The Kier molecular flexibility index (Phi) is 9.78. The van der Waals surface area contributed by atoms with Crippen LogP contribution in [0.1, 0.15) is 45.2 Å². The molecule has 0 amide bonds. The van der Waals surface area contributed by atoms with Crippen LogP contribution >= 0.6 is 0 Å². The average Bonchev–Trinajstić information content (AvgIpc) is 3.01. The molecule has 4 heteroatoms. The van der Waals surface area contributed by atoms with Crippen LogP contribution in [0.5, 0.6) is 0 Å². The number of fused-ring (bicyclic) bond motifs is 5. The molecule has 2 nitrogen and oxygen atoms in total. The minimum Gasteiger partial charge on any atom is -0.375 e. The third kappa shape index (κ3) is 6.29. The molecule has 0 saturated heterocycles. The maximum atomic E-state index is 13.1. The van der Waals surface area contributed by atoms with E-state index >= 15 is 0 Å². The van der Waals surface area contributed by atoms with Gasteiger partial charge in [-0.25, -0.2) is 0 Å². The van der Waals surface area contributed by atoms with Crippen molar-refractivity contribution in [1.82, 2.24) is 4.57 Å². The second kappa shape index (κ2) is 11.9. The van der Waals surface area contributed by atoms with E-state index in [0.717, 1.165) is 12.8 Å². The fraction of sp³-hybridized carbons (Fsp3) is 0.310. The number of hydrogen-bond donors (Lipinski definition) is 0. The molecule has 4 aliphatic rings. The number of nitrogens with zero attached hydrogens (tertiary/aromatic N) is 1. The third-order valence-electron chi connectivity index (χ3n) is 6.18. The van der Waals surface area contributed by atoms with Crippen molar-refractivity contribution in [2.24, 2.45) is 0 Å². The molecule has 0 bridgehead atoms. The van der Waals surface area contributed by atoms with Crippen molar-refractivity contribution in [3.8, 4) is 11.1 Å². The van der Waals surface area contributed by atoms with Gasteiger partial charge in [0, 0.05) is 40.3 Å². The maximum Gasteiger partial charge on any atom is 0.399 e. The summed E-state index contributed by atoms with van der Waals surface area (Å²) in [6.07, 6.45) is 18.5. The van der Waals surface area contributed by atoms with Gasteiger partial charge in [-0.1, -0.05) is 79.0 Å². The fourth-order valence-electron chi connectivity index (χ4n) is 4.19. The average molecular weight is 490 g/mol. The van der Waals surface area contributed by atoms with Gasteiger partial charge in [-0.2, -0.15) is 0 Å². The molecule has 4 rings (SSSR count). The SMILES string of the molecule is C=CC=CC.CN([Si](=O)CC1=c2c(cccc3c4c(cc2-3)=CC=CC4)C=CC1)C(C)(C)C.[Ti]. The molecule has 0 saturated carbocycles. The first-order valence-electron chi connectivity index (χ1n) is 11.4. The van der Waals surface area contributed by atoms with E-state index in [1.54, 1.807) is 6.08 Å². The van der Waals surface area contributed by atoms with Crippen LogP contribution in [0.25, 0.3) is 28.9 Å². The van der Waals surface area contributed by atoms with Crippen molar-refractivity contribution in [1.29, 1.82) is 0 Å².